The molecule has 74 valence electrons. The van der Waals surface area contributed by atoms with Gasteiger partial charge in [-0.3, -0.25) is 0 Å². The number of alkyl halides is 3. The Bertz CT molecular complexity index is 283. The van der Waals surface area contributed by atoms with Crippen LogP contribution in [0.2, 0.25) is 0 Å². The second kappa shape index (κ2) is 3.33. The fraction of sp³-hybridized carbons (Fsp3) is 0.667. The predicted molar refractivity (Wildman–Crippen MR) is 36.6 cm³/mol. The molecule has 13 heavy (non-hydrogen) atoms. The summed E-state index contributed by atoms with van der Waals surface area (Å²) in [5.74, 6) is 0.0856. The molecule has 1 heterocycles. The molecule has 0 aliphatic rings. The Kier molecular flexibility index (Phi) is 2.55. The molecule has 0 radical (unpaired) electrons. The fourth-order valence-corrected chi connectivity index (χ4v) is 0.800. The Morgan fingerprint density at radius 1 is 1.54 bits per heavy atom. The number of hydrogen-bond donors (Lipinski definition) is 1. The summed E-state index contributed by atoms with van der Waals surface area (Å²) in [6.45, 7) is 1.51. The first kappa shape index (κ1) is 9.97. The van der Waals surface area contributed by atoms with Crippen molar-refractivity contribution in [1.82, 2.24) is 10.1 Å². The lowest BCUT2D eigenvalue weighted by atomic mass is 10.2. The van der Waals surface area contributed by atoms with E-state index in [9.17, 15) is 13.2 Å². The van der Waals surface area contributed by atoms with Crippen LogP contribution in [-0.4, -0.2) is 16.3 Å². The van der Waals surface area contributed by atoms with E-state index in [0.717, 1.165) is 0 Å². The summed E-state index contributed by atoms with van der Waals surface area (Å²) in [6.07, 6.45) is -5.48. The van der Waals surface area contributed by atoms with Gasteiger partial charge in [-0.05, 0) is 6.92 Å². The lowest BCUT2D eigenvalue weighted by Crippen LogP contribution is -2.20. The smallest absolute Gasteiger partial charge is 0.338 e. The van der Waals surface area contributed by atoms with Crippen LogP contribution in [0, 0.1) is 6.92 Å². The zero-order chi connectivity index (χ0) is 10.1. The molecule has 7 heteroatoms. The molecule has 0 aliphatic heterocycles. The maximum Gasteiger partial charge on any atom is 0.391 e. The van der Waals surface area contributed by atoms with Crippen LogP contribution >= 0.6 is 0 Å². The van der Waals surface area contributed by atoms with Gasteiger partial charge in [-0.2, -0.15) is 18.2 Å². The van der Waals surface area contributed by atoms with Crippen LogP contribution < -0.4 is 5.73 Å². The second-order valence-corrected chi connectivity index (χ2v) is 2.61. The number of aryl methyl sites for hydroxylation is 1. The number of rotatable bonds is 2. The van der Waals surface area contributed by atoms with E-state index >= 15 is 0 Å². The lowest BCUT2D eigenvalue weighted by Gasteiger charge is -2.09. The average molecular weight is 195 g/mol. The molecule has 1 atom stereocenters. The van der Waals surface area contributed by atoms with Crippen LogP contribution in [0.1, 0.15) is 24.2 Å². The van der Waals surface area contributed by atoms with Crippen molar-refractivity contribution in [1.29, 1.82) is 0 Å². The van der Waals surface area contributed by atoms with Crippen molar-refractivity contribution < 1.29 is 17.7 Å². The van der Waals surface area contributed by atoms with Crippen LogP contribution in [-0.2, 0) is 0 Å². The minimum absolute atomic E-state index is 0.185. The van der Waals surface area contributed by atoms with Gasteiger partial charge in [0.1, 0.15) is 0 Å². The Labute approximate surface area is 71.9 Å². The number of aromatic nitrogens is 2. The standard InChI is InChI=1S/C6H8F3N3O/c1-3-11-5(13-12-3)4(10)2-6(7,8)9/h4H,2,10H2,1H3. The van der Waals surface area contributed by atoms with Crippen LogP contribution in [0.4, 0.5) is 13.2 Å². The van der Waals surface area contributed by atoms with Crippen molar-refractivity contribution in [2.24, 2.45) is 5.73 Å². The topological polar surface area (TPSA) is 64.9 Å². The third-order valence-electron chi connectivity index (χ3n) is 1.31. The molecule has 0 saturated heterocycles. The fourth-order valence-electron chi connectivity index (χ4n) is 0.800. The van der Waals surface area contributed by atoms with Gasteiger partial charge in [0.15, 0.2) is 5.82 Å². The van der Waals surface area contributed by atoms with Crippen LogP contribution in [0.25, 0.3) is 0 Å². The van der Waals surface area contributed by atoms with E-state index in [1.807, 2.05) is 0 Å². The molecule has 0 aliphatic carbocycles. The SMILES string of the molecule is Cc1noc(C(N)CC(F)(F)F)n1. The molecule has 4 nitrogen and oxygen atoms in total. The average Bonchev–Trinajstić information content (AvgIpc) is 2.31. The van der Waals surface area contributed by atoms with Crippen molar-refractivity contribution in [2.75, 3.05) is 0 Å². The van der Waals surface area contributed by atoms with Crippen LogP contribution in [0.15, 0.2) is 4.52 Å². The zero-order valence-corrected chi connectivity index (χ0v) is 6.80. The summed E-state index contributed by atoms with van der Waals surface area (Å²) in [6, 6.07) is -1.28. The number of nitrogens with zero attached hydrogens (tertiary/aromatic N) is 2. The monoisotopic (exact) mass is 195 g/mol. The maximum absolute atomic E-state index is 11.8. The third kappa shape index (κ3) is 3.02. The first-order chi connectivity index (χ1) is 5.88. The Hall–Kier alpha value is -1.11. The zero-order valence-electron chi connectivity index (χ0n) is 6.80. The molecule has 0 aromatic carbocycles. The highest BCUT2D eigenvalue weighted by Crippen LogP contribution is 2.26. The second-order valence-electron chi connectivity index (χ2n) is 2.61. The molecule has 2 N–H and O–H groups in total. The summed E-state index contributed by atoms with van der Waals surface area (Å²) >= 11 is 0. The van der Waals surface area contributed by atoms with Gasteiger partial charge in [0, 0.05) is 0 Å². The summed E-state index contributed by atoms with van der Waals surface area (Å²) in [5.41, 5.74) is 5.18. The van der Waals surface area contributed by atoms with Crippen molar-refractivity contribution in [2.45, 2.75) is 25.6 Å². The van der Waals surface area contributed by atoms with E-state index in [2.05, 4.69) is 14.7 Å². The van der Waals surface area contributed by atoms with E-state index in [1.54, 1.807) is 0 Å². The molecular formula is C6H8F3N3O. The normalized spacial score (nSPS) is 14.5. The quantitative estimate of drug-likeness (QED) is 0.773. The van der Waals surface area contributed by atoms with E-state index in [4.69, 9.17) is 5.73 Å². The van der Waals surface area contributed by atoms with Gasteiger partial charge in [-0.25, -0.2) is 0 Å². The first-order valence-corrected chi connectivity index (χ1v) is 3.51. The van der Waals surface area contributed by atoms with Gasteiger partial charge >= 0.3 is 6.18 Å². The highest BCUT2D eigenvalue weighted by atomic mass is 19.4. The van der Waals surface area contributed by atoms with Gasteiger partial charge < -0.3 is 10.3 Å². The summed E-state index contributed by atoms with van der Waals surface area (Å²) in [5, 5.41) is 3.33. The van der Waals surface area contributed by atoms with Crippen LogP contribution in [0.5, 0.6) is 0 Å². The predicted octanol–water partition coefficient (Wildman–Crippen LogP) is 1.33. The van der Waals surface area contributed by atoms with Crippen LogP contribution in [0.3, 0.4) is 0 Å². The van der Waals surface area contributed by atoms with Crippen molar-refractivity contribution >= 4 is 0 Å². The Morgan fingerprint density at radius 2 is 2.15 bits per heavy atom. The molecule has 0 bridgehead atoms. The number of nitrogens with two attached hydrogens (primary N) is 1. The van der Waals surface area contributed by atoms with E-state index in [0.29, 0.717) is 0 Å². The molecule has 0 spiro atoms. The molecule has 1 aromatic heterocycles. The Morgan fingerprint density at radius 3 is 2.54 bits per heavy atom. The van der Waals surface area contributed by atoms with Crippen molar-refractivity contribution in [3.05, 3.63) is 11.7 Å². The van der Waals surface area contributed by atoms with E-state index in [-0.39, 0.29) is 11.7 Å². The Balaban J connectivity index is 2.64. The van der Waals surface area contributed by atoms with Gasteiger partial charge in [-0.1, -0.05) is 5.16 Å². The molecule has 0 fully saturated rings. The summed E-state index contributed by atoms with van der Waals surface area (Å²) in [7, 11) is 0. The van der Waals surface area contributed by atoms with Crippen molar-refractivity contribution in [3.8, 4) is 0 Å². The van der Waals surface area contributed by atoms with Gasteiger partial charge in [-0.15, -0.1) is 0 Å². The van der Waals surface area contributed by atoms with E-state index in [1.165, 1.54) is 6.92 Å². The minimum atomic E-state index is -4.32. The van der Waals surface area contributed by atoms with Gasteiger partial charge in [0.2, 0.25) is 5.89 Å². The molecule has 1 rings (SSSR count). The molecular weight excluding hydrogens is 187 g/mol. The number of hydrogen-bond acceptors (Lipinski definition) is 4. The highest BCUT2D eigenvalue weighted by Gasteiger charge is 2.33. The van der Waals surface area contributed by atoms with E-state index < -0.39 is 18.6 Å². The third-order valence-corrected chi connectivity index (χ3v) is 1.31. The first-order valence-electron chi connectivity index (χ1n) is 3.51. The van der Waals surface area contributed by atoms with Crippen molar-refractivity contribution in [3.63, 3.8) is 0 Å². The maximum atomic E-state index is 11.8. The van der Waals surface area contributed by atoms with Gasteiger partial charge in [0.25, 0.3) is 0 Å². The summed E-state index contributed by atoms with van der Waals surface area (Å²) < 4.78 is 40.0. The highest BCUT2D eigenvalue weighted by molar-refractivity contribution is 4.90. The minimum Gasteiger partial charge on any atom is -0.338 e. The lowest BCUT2D eigenvalue weighted by molar-refractivity contribution is -0.139. The van der Waals surface area contributed by atoms with Gasteiger partial charge in [0.05, 0.1) is 12.5 Å². The molecule has 0 saturated carbocycles. The molecule has 0 amide bonds. The molecule has 1 unspecified atom stereocenters. The largest absolute Gasteiger partial charge is 0.391 e. The number of halogens is 3. The molecule has 1 aromatic rings. The summed E-state index contributed by atoms with van der Waals surface area (Å²) in [4.78, 5) is 3.59.